The van der Waals surface area contributed by atoms with Crippen molar-refractivity contribution in [1.29, 1.82) is 0 Å². The zero-order chi connectivity index (χ0) is 26.8. The highest BCUT2D eigenvalue weighted by Crippen LogP contribution is 2.45. The van der Waals surface area contributed by atoms with Gasteiger partial charge in [-0.3, -0.25) is 4.79 Å². The zero-order valence-electron chi connectivity index (χ0n) is 19.9. The molecule has 12 heteroatoms. The van der Waals surface area contributed by atoms with Gasteiger partial charge in [0.2, 0.25) is 21.3 Å². The van der Waals surface area contributed by atoms with Crippen LogP contribution in [0.3, 0.4) is 0 Å². The number of carboxylic acid groups (broad SMARTS) is 1. The van der Waals surface area contributed by atoms with Crippen LogP contribution in [0.4, 0.5) is 28.9 Å². The van der Waals surface area contributed by atoms with Gasteiger partial charge in [-0.15, -0.1) is 11.8 Å². The molecule has 0 bridgehead atoms. The number of anilines is 2. The van der Waals surface area contributed by atoms with E-state index in [1.807, 2.05) is 0 Å². The van der Waals surface area contributed by atoms with Gasteiger partial charge in [-0.1, -0.05) is 0 Å². The van der Waals surface area contributed by atoms with Gasteiger partial charge in [0.25, 0.3) is 0 Å². The molecule has 0 unspecified atom stereocenters. The first kappa shape index (κ1) is 28.1. The minimum atomic E-state index is -4.66. The van der Waals surface area contributed by atoms with Crippen molar-refractivity contribution in [1.82, 2.24) is 0 Å². The van der Waals surface area contributed by atoms with Crippen LogP contribution in [0.15, 0.2) is 46.2 Å². The summed E-state index contributed by atoms with van der Waals surface area (Å²) < 4.78 is 88.8. The smallest absolute Gasteiger partial charge is 0.309 e. The highest BCUT2D eigenvalue weighted by Gasteiger charge is 2.43. The summed E-state index contributed by atoms with van der Waals surface area (Å²) in [5, 5.41) is 9.13. The molecule has 1 N–H and O–H groups in total. The van der Waals surface area contributed by atoms with Crippen LogP contribution >= 0.6 is 11.8 Å². The normalized spacial score (nSPS) is 20.4. The lowest BCUT2D eigenvalue weighted by Crippen LogP contribution is -2.32. The zero-order valence-corrected chi connectivity index (χ0v) is 21.5. The Balaban J connectivity index is 2.16. The van der Waals surface area contributed by atoms with Crippen molar-refractivity contribution >= 4 is 38.9 Å². The molecule has 36 heavy (non-hydrogen) atoms. The van der Waals surface area contributed by atoms with Crippen molar-refractivity contribution in [3.05, 3.63) is 42.2 Å². The van der Waals surface area contributed by atoms with Crippen LogP contribution < -0.4 is 9.64 Å². The number of fused-ring (bicyclic) bond motifs is 1. The number of aliphatic carboxylic acids is 1. The lowest BCUT2D eigenvalue weighted by Gasteiger charge is -2.29. The number of nitrogens with zero attached hydrogens (tertiary/aromatic N) is 1. The van der Waals surface area contributed by atoms with E-state index >= 15 is 4.39 Å². The van der Waals surface area contributed by atoms with Crippen LogP contribution in [0.1, 0.15) is 26.7 Å². The molecule has 2 aromatic rings. The lowest BCUT2D eigenvalue weighted by atomic mass is 10.0. The van der Waals surface area contributed by atoms with Crippen LogP contribution in [-0.4, -0.2) is 50.3 Å². The average molecular weight is 550 g/mol. The molecule has 0 saturated heterocycles. The van der Waals surface area contributed by atoms with Gasteiger partial charge in [0.05, 0.1) is 21.4 Å². The van der Waals surface area contributed by atoms with Gasteiger partial charge in [0.1, 0.15) is 18.2 Å². The molecule has 0 aliphatic carbocycles. The third kappa shape index (κ3) is 6.26. The maximum Gasteiger partial charge on any atom is 0.309 e. The average Bonchev–Trinajstić information content (AvgIpc) is 2.88. The van der Waals surface area contributed by atoms with Crippen LogP contribution in [0.25, 0.3) is 0 Å². The molecule has 0 fully saturated rings. The van der Waals surface area contributed by atoms with Crippen LogP contribution in [-0.2, 0) is 14.6 Å². The van der Waals surface area contributed by atoms with Crippen molar-refractivity contribution in [2.75, 3.05) is 24.3 Å². The Morgan fingerprint density at radius 1 is 1.28 bits per heavy atom. The lowest BCUT2D eigenvalue weighted by molar-refractivity contribution is -0.142. The van der Waals surface area contributed by atoms with E-state index < -0.39 is 62.6 Å². The van der Waals surface area contributed by atoms with Gasteiger partial charge in [-0.2, -0.15) is 0 Å². The molecule has 0 spiro atoms. The third-order valence-electron chi connectivity index (χ3n) is 5.93. The minimum Gasteiger partial charge on any atom is -0.491 e. The molecule has 3 rings (SSSR count). The standard InChI is InChI=1S/C24H27F4NO5S2/c1-14(23(30)31)13-34-19-11-21-18(10-20(19)35-3)29(17-6-4-16(25)5-7-17)12-15(8-9-24(2,27)28)22(26)36(21,32)33/h4-7,10-11,14-15,22H,8-9,12-13H2,1-3H3,(H,30,31)/t14-,15+,22-/m1/s1. The number of benzene rings is 2. The SMILES string of the molecule is CSc1cc2c(cc1OC[C@@H](C)C(=O)O)S(=O)(=O)[C@@H](F)[C@@H](CCC(C)(F)F)CN2c1ccc(F)cc1. The predicted octanol–water partition coefficient (Wildman–Crippen LogP) is 5.92. The number of rotatable bonds is 9. The van der Waals surface area contributed by atoms with Gasteiger partial charge in [-0.05, 0) is 56.9 Å². The van der Waals surface area contributed by atoms with Gasteiger partial charge in [0, 0.05) is 30.6 Å². The number of hydrogen-bond donors (Lipinski definition) is 1. The molecule has 1 aliphatic heterocycles. The van der Waals surface area contributed by atoms with Crippen molar-refractivity contribution in [3.8, 4) is 5.75 Å². The van der Waals surface area contributed by atoms with Crippen molar-refractivity contribution in [2.24, 2.45) is 11.8 Å². The first-order valence-corrected chi connectivity index (χ1v) is 13.9. The molecule has 1 heterocycles. The molecule has 1 aliphatic rings. The molecule has 6 nitrogen and oxygen atoms in total. The van der Waals surface area contributed by atoms with E-state index in [4.69, 9.17) is 9.84 Å². The first-order chi connectivity index (χ1) is 16.7. The van der Waals surface area contributed by atoms with Crippen molar-refractivity contribution in [2.45, 2.75) is 47.9 Å². The van der Waals surface area contributed by atoms with Crippen LogP contribution in [0.5, 0.6) is 5.75 Å². The number of hydrogen-bond acceptors (Lipinski definition) is 6. The van der Waals surface area contributed by atoms with Crippen LogP contribution in [0, 0.1) is 17.7 Å². The number of carbonyl (C=O) groups is 1. The summed E-state index contributed by atoms with van der Waals surface area (Å²) >= 11 is 1.20. The molecular formula is C24H27F4NO5S2. The molecular weight excluding hydrogens is 522 g/mol. The highest BCUT2D eigenvalue weighted by molar-refractivity contribution is 7.98. The Kier molecular flexibility index (Phi) is 8.49. The molecule has 198 valence electrons. The fourth-order valence-corrected chi connectivity index (χ4v) is 6.10. The van der Waals surface area contributed by atoms with E-state index in [0.29, 0.717) is 17.5 Å². The Morgan fingerprint density at radius 2 is 1.92 bits per heavy atom. The van der Waals surface area contributed by atoms with Gasteiger partial charge in [-0.25, -0.2) is 26.0 Å². The molecule has 2 aromatic carbocycles. The predicted molar refractivity (Wildman–Crippen MR) is 129 cm³/mol. The Labute approximate surface area is 211 Å². The van der Waals surface area contributed by atoms with Gasteiger partial charge in [0.15, 0.2) is 0 Å². The molecule has 3 atom stereocenters. The van der Waals surface area contributed by atoms with Crippen molar-refractivity contribution in [3.63, 3.8) is 0 Å². The number of alkyl halides is 3. The largest absolute Gasteiger partial charge is 0.491 e. The number of carboxylic acids is 1. The summed E-state index contributed by atoms with van der Waals surface area (Å²) in [4.78, 5) is 12.7. The monoisotopic (exact) mass is 549 g/mol. The summed E-state index contributed by atoms with van der Waals surface area (Å²) in [7, 11) is -4.66. The Hall–Kier alpha value is -2.47. The number of halogens is 4. The second-order valence-electron chi connectivity index (χ2n) is 8.87. The molecule has 0 amide bonds. The second-order valence-corrected chi connectivity index (χ2v) is 11.7. The summed E-state index contributed by atoms with van der Waals surface area (Å²) in [5.74, 6) is -6.88. The summed E-state index contributed by atoms with van der Waals surface area (Å²) in [6.07, 6.45) is 0.593. The molecule has 0 saturated carbocycles. The maximum atomic E-state index is 15.6. The van der Waals surface area contributed by atoms with Gasteiger partial charge < -0.3 is 14.7 Å². The Bertz CT molecular complexity index is 1200. The van der Waals surface area contributed by atoms with E-state index in [2.05, 4.69) is 0 Å². The van der Waals surface area contributed by atoms with E-state index in [9.17, 15) is 26.4 Å². The molecule has 0 aromatic heterocycles. The fourth-order valence-electron chi connectivity index (χ4n) is 3.84. The van der Waals surface area contributed by atoms with E-state index in [1.54, 1.807) is 6.26 Å². The molecule has 0 radical (unpaired) electrons. The Morgan fingerprint density at radius 3 is 2.47 bits per heavy atom. The first-order valence-electron chi connectivity index (χ1n) is 11.1. The van der Waals surface area contributed by atoms with E-state index in [-0.39, 0.29) is 24.6 Å². The summed E-state index contributed by atoms with van der Waals surface area (Å²) in [5.41, 5.74) is -2.02. The quantitative estimate of drug-likeness (QED) is 0.307. The van der Waals surface area contributed by atoms with Crippen molar-refractivity contribution < 1.29 is 40.6 Å². The highest BCUT2D eigenvalue weighted by atomic mass is 32.2. The third-order valence-corrected chi connectivity index (χ3v) is 8.61. The fraction of sp³-hybridized carbons (Fsp3) is 0.458. The minimum absolute atomic E-state index is 0.0581. The van der Waals surface area contributed by atoms with Crippen LogP contribution in [0.2, 0.25) is 0 Å². The maximum absolute atomic E-state index is 15.6. The summed E-state index contributed by atoms with van der Waals surface area (Å²) in [6.45, 7) is 1.61. The van der Waals surface area contributed by atoms with E-state index in [1.165, 1.54) is 41.8 Å². The number of thioether (sulfide) groups is 1. The van der Waals surface area contributed by atoms with E-state index in [0.717, 1.165) is 18.2 Å². The van der Waals surface area contributed by atoms with Gasteiger partial charge >= 0.3 is 5.97 Å². The topological polar surface area (TPSA) is 83.9 Å². The number of ether oxygens (including phenoxy) is 1. The summed E-state index contributed by atoms with van der Waals surface area (Å²) in [6, 6.07) is 7.74. The number of sulfone groups is 1. The second kappa shape index (κ2) is 10.9.